The van der Waals surface area contributed by atoms with Crippen LogP contribution in [0.25, 0.3) is 11.0 Å². The second-order valence-corrected chi connectivity index (χ2v) is 6.51. The molecule has 0 radical (unpaired) electrons. The van der Waals surface area contributed by atoms with E-state index in [0.29, 0.717) is 0 Å². The number of para-hydroxylation sites is 3. The van der Waals surface area contributed by atoms with Crippen molar-refractivity contribution in [2.75, 3.05) is 40.0 Å². The number of aliphatic imine (C=N–C) groups is 1. The smallest absolute Gasteiger partial charge is 0.230 e. The van der Waals surface area contributed by atoms with Crippen LogP contribution in [0.4, 0.5) is 5.95 Å². The lowest BCUT2D eigenvalue weighted by Gasteiger charge is -2.26. The molecular formula is C21H24N4O2. The van der Waals surface area contributed by atoms with Gasteiger partial charge in [0, 0.05) is 38.0 Å². The first-order valence-electron chi connectivity index (χ1n) is 9.27. The Morgan fingerprint density at radius 2 is 1.85 bits per heavy atom. The predicted molar refractivity (Wildman–Crippen MR) is 107 cm³/mol. The summed E-state index contributed by atoms with van der Waals surface area (Å²) in [6.45, 7) is 5.38. The molecule has 0 aliphatic carbocycles. The van der Waals surface area contributed by atoms with E-state index >= 15 is 0 Å². The highest BCUT2D eigenvalue weighted by Gasteiger charge is 2.13. The molecule has 1 aliphatic heterocycles. The number of morpholine rings is 1. The van der Waals surface area contributed by atoms with Crippen LogP contribution in [0.1, 0.15) is 5.56 Å². The number of methoxy groups -OCH3 is 1. The van der Waals surface area contributed by atoms with Gasteiger partial charge in [-0.2, -0.15) is 0 Å². The summed E-state index contributed by atoms with van der Waals surface area (Å²) in [7, 11) is 1.67. The Morgan fingerprint density at radius 1 is 1.07 bits per heavy atom. The maximum atomic E-state index is 5.44. The van der Waals surface area contributed by atoms with Crippen LogP contribution >= 0.6 is 0 Å². The van der Waals surface area contributed by atoms with Gasteiger partial charge in [0.1, 0.15) is 5.75 Å². The first-order chi connectivity index (χ1) is 13.3. The van der Waals surface area contributed by atoms with Crippen molar-refractivity contribution in [1.82, 2.24) is 14.5 Å². The number of ether oxygens (including phenoxy) is 2. The molecule has 6 heteroatoms. The SMILES string of the molecule is COc1ccccc1C=Nc1nc2ccccc2n1CCN1CCOCC1. The second-order valence-electron chi connectivity index (χ2n) is 6.51. The second kappa shape index (κ2) is 8.33. The van der Waals surface area contributed by atoms with E-state index in [0.717, 1.165) is 67.7 Å². The van der Waals surface area contributed by atoms with Crippen molar-refractivity contribution in [3.63, 3.8) is 0 Å². The van der Waals surface area contributed by atoms with Gasteiger partial charge < -0.3 is 14.0 Å². The first kappa shape index (κ1) is 17.7. The van der Waals surface area contributed by atoms with Crippen LogP contribution in [0.15, 0.2) is 53.5 Å². The highest BCUT2D eigenvalue weighted by atomic mass is 16.5. The molecule has 1 fully saturated rings. The molecule has 0 N–H and O–H groups in total. The van der Waals surface area contributed by atoms with Crippen LogP contribution in [0.3, 0.4) is 0 Å². The van der Waals surface area contributed by atoms with E-state index in [1.807, 2.05) is 48.7 Å². The molecule has 4 rings (SSSR count). The Hall–Kier alpha value is -2.70. The highest BCUT2D eigenvalue weighted by Crippen LogP contribution is 2.23. The van der Waals surface area contributed by atoms with Crippen LogP contribution in [0.5, 0.6) is 5.75 Å². The van der Waals surface area contributed by atoms with Crippen LogP contribution < -0.4 is 4.74 Å². The molecule has 2 aromatic carbocycles. The van der Waals surface area contributed by atoms with Gasteiger partial charge >= 0.3 is 0 Å². The molecule has 0 saturated carbocycles. The number of nitrogens with zero attached hydrogens (tertiary/aromatic N) is 4. The maximum Gasteiger partial charge on any atom is 0.230 e. The summed E-state index contributed by atoms with van der Waals surface area (Å²) < 4.78 is 13.0. The minimum atomic E-state index is 0.718. The average Bonchev–Trinajstić information content (AvgIpc) is 3.09. The third kappa shape index (κ3) is 4.02. The number of hydrogen-bond donors (Lipinski definition) is 0. The number of fused-ring (bicyclic) bond motifs is 1. The van der Waals surface area contributed by atoms with Gasteiger partial charge in [-0.3, -0.25) is 4.90 Å². The Balaban J connectivity index is 1.62. The minimum absolute atomic E-state index is 0.718. The molecule has 0 spiro atoms. The zero-order valence-corrected chi connectivity index (χ0v) is 15.5. The van der Waals surface area contributed by atoms with Crippen molar-refractivity contribution < 1.29 is 9.47 Å². The molecule has 1 aromatic heterocycles. The molecule has 0 atom stereocenters. The van der Waals surface area contributed by atoms with E-state index < -0.39 is 0 Å². The van der Waals surface area contributed by atoms with Crippen molar-refractivity contribution in [1.29, 1.82) is 0 Å². The van der Waals surface area contributed by atoms with Gasteiger partial charge in [-0.1, -0.05) is 24.3 Å². The lowest BCUT2D eigenvalue weighted by molar-refractivity contribution is 0.0366. The van der Waals surface area contributed by atoms with Crippen LogP contribution in [0.2, 0.25) is 0 Å². The molecule has 1 aliphatic rings. The fourth-order valence-electron chi connectivity index (χ4n) is 3.35. The van der Waals surface area contributed by atoms with Crippen molar-refractivity contribution in [3.8, 4) is 5.75 Å². The summed E-state index contributed by atoms with van der Waals surface area (Å²) in [6, 6.07) is 16.0. The summed E-state index contributed by atoms with van der Waals surface area (Å²) >= 11 is 0. The van der Waals surface area contributed by atoms with Crippen LogP contribution in [-0.4, -0.2) is 60.6 Å². The number of imidazole rings is 1. The Kier molecular flexibility index (Phi) is 5.46. The summed E-state index contributed by atoms with van der Waals surface area (Å²) in [5, 5.41) is 0. The molecule has 1 saturated heterocycles. The molecular weight excluding hydrogens is 340 g/mol. The highest BCUT2D eigenvalue weighted by molar-refractivity contribution is 5.86. The van der Waals surface area contributed by atoms with Crippen LogP contribution in [-0.2, 0) is 11.3 Å². The third-order valence-corrected chi connectivity index (χ3v) is 4.84. The van der Waals surface area contributed by atoms with Gasteiger partial charge in [0.25, 0.3) is 0 Å². The largest absolute Gasteiger partial charge is 0.496 e. The molecule has 0 unspecified atom stereocenters. The van der Waals surface area contributed by atoms with Crippen molar-refractivity contribution in [3.05, 3.63) is 54.1 Å². The lowest BCUT2D eigenvalue weighted by atomic mass is 10.2. The van der Waals surface area contributed by atoms with Gasteiger partial charge in [-0.25, -0.2) is 9.98 Å². The summed E-state index contributed by atoms with van der Waals surface area (Å²) in [5.74, 6) is 1.52. The van der Waals surface area contributed by atoms with E-state index in [1.54, 1.807) is 7.11 Å². The summed E-state index contributed by atoms with van der Waals surface area (Å²) in [6.07, 6.45) is 1.82. The van der Waals surface area contributed by atoms with E-state index in [2.05, 4.69) is 20.5 Å². The molecule has 0 amide bonds. The van der Waals surface area contributed by atoms with Gasteiger partial charge in [0.15, 0.2) is 0 Å². The van der Waals surface area contributed by atoms with E-state index in [1.165, 1.54) is 0 Å². The number of hydrogen-bond acceptors (Lipinski definition) is 5. The minimum Gasteiger partial charge on any atom is -0.496 e. The van der Waals surface area contributed by atoms with Crippen molar-refractivity contribution in [2.24, 2.45) is 4.99 Å². The van der Waals surface area contributed by atoms with E-state index in [9.17, 15) is 0 Å². The normalized spacial score (nSPS) is 15.6. The maximum absolute atomic E-state index is 5.44. The topological polar surface area (TPSA) is 51.9 Å². The van der Waals surface area contributed by atoms with E-state index in [-0.39, 0.29) is 0 Å². The quantitative estimate of drug-likeness (QED) is 0.631. The van der Waals surface area contributed by atoms with E-state index in [4.69, 9.17) is 14.5 Å². The van der Waals surface area contributed by atoms with Crippen molar-refractivity contribution in [2.45, 2.75) is 6.54 Å². The molecule has 6 nitrogen and oxygen atoms in total. The summed E-state index contributed by atoms with van der Waals surface area (Å²) in [5.41, 5.74) is 3.01. The van der Waals surface area contributed by atoms with Gasteiger partial charge in [0.05, 0.1) is 31.4 Å². The Labute approximate surface area is 159 Å². The molecule has 0 bridgehead atoms. The molecule has 140 valence electrons. The average molecular weight is 364 g/mol. The van der Waals surface area contributed by atoms with Crippen molar-refractivity contribution >= 4 is 23.2 Å². The lowest BCUT2D eigenvalue weighted by Crippen LogP contribution is -2.38. The predicted octanol–water partition coefficient (Wildman–Crippen LogP) is 3.13. The molecule has 2 heterocycles. The number of aromatic nitrogens is 2. The zero-order valence-electron chi connectivity index (χ0n) is 15.5. The fraction of sp³-hybridized carbons (Fsp3) is 0.333. The molecule has 3 aromatic rings. The van der Waals surface area contributed by atoms with Gasteiger partial charge in [-0.05, 0) is 24.3 Å². The number of rotatable bonds is 6. The first-order valence-corrected chi connectivity index (χ1v) is 9.27. The Morgan fingerprint density at radius 3 is 2.70 bits per heavy atom. The third-order valence-electron chi connectivity index (χ3n) is 4.84. The number of benzene rings is 2. The Bertz CT molecular complexity index is 929. The zero-order chi connectivity index (χ0) is 18.5. The molecule has 27 heavy (non-hydrogen) atoms. The summed E-state index contributed by atoms with van der Waals surface area (Å²) in [4.78, 5) is 11.8. The standard InChI is InChI=1S/C21H24N4O2/c1-26-20-9-5-2-6-17(20)16-22-21-23-18-7-3-4-8-19(18)25(21)11-10-24-12-14-27-15-13-24/h2-9,16H,10-15H2,1H3. The van der Waals surface area contributed by atoms with Gasteiger partial charge in [0.2, 0.25) is 5.95 Å². The van der Waals surface area contributed by atoms with Crippen LogP contribution in [0, 0.1) is 0 Å². The van der Waals surface area contributed by atoms with Gasteiger partial charge in [-0.15, -0.1) is 0 Å². The fourth-order valence-corrected chi connectivity index (χ4v) is 3.35. The monoisotopic (exact) mass is 364 g/mol.